The summed E-state index contributed by atoms with van der Waals surface area (Å²) < 4.78 is 8.89. The van der Waals surface area contributed by atoms with Crippen molar-refractivity contribution in [3.63, 3.8) is 0 Å². The van der Waals surface area contributed by atoms with Crippen LogP contribution in [-0.4, -0.2) is 48.3 Å². The molecule has 0 saturated carbocycles. The van der Waals surface area contributed by atoms with Gasteiger partial charge in [-0.3, -0.25) is 19.2 Å². The first kappa shape index (κ1) is 36.7. The van der Waals surface area contributed by atoms with E-state index in [0.717, 1.165) is 5.57 Å². The van der Waals surface area contributed by atoms with Crippen LogP contribution in [0.3, 0.4) is 0 Å². The van der Waals surface area contributed by atoms with Crippen molar-refractivity contribution in [2.45, 2.75) is 46.0 Å². The number of hydrogen-bond acceptors (Lipinski definition) is 6. The molecule has 2 N–H and O–H groups in total. The number of carboxylic acid groups (broad SMARTS) is 2. The van der Waals surface area contributed by atoms with Crippen molar-refractivity contribution in [3.8, 4) is 0 Å². The monoisotopic (exact) mass is 576 g/mol. The van der Waals surface area contributed by atoms with Crippen molar-refractivity contribution in [2.24, 2.45) is 5.92 Å². The first-order valence-electron chi connectivity index (χ1n) is 8.68. The standard InChI is InChI=1S/C11H16O4.C9H14O4.2Y/c1-9(5-3-7-10(12)13)6-4-8-11(14)15-2;1-7(3-5-8(10)11)4-6-9(12)13-2;;/h3-6,9H,7-8H2,1-2H3,(H,12,13);4H,3,5-6H2,1-2H3,(H,10,11);;. The summed E-state index contributed by atoms with van der Waals surface area (Å²) >= 11 is 0. The summed E-state index contributed by atoms with van der Waals surface area (Å²) in [6.07, 6.45) is 9.66. The smallest absolute Gasteiger partial charge is 0.309 e. The van der Waals surface area contributed by atoms with E-state index in [1.165, 1.54) is 14.2 Å². The van der Waals surface area contributed by atoms with Crippen LogP contribution in [0.15, 0.2) is 36.0 Å². The molecule has 30 heavy (non-hydrogen) atoms. The van der Waals surface area contributed by atoms with E-state index in [1.807, 2.05) is 13.0 Å². The quantitative estimate of drug-likeness (QED) is 0.284. The maximum Gasteiger partial charge on any atom is 0.309 e. The van der Waals surface area contributed by atoms with Crippen LogP contribution in [0.2, 0.25) is 0 Å². The third-order valence-corrected chi connectivity index (χ3v) is 3.26. The van der Waals surface area contributed by atoms with Crippen LogP contribution in [-0.2, 0) is 94.1 Å². The zero-order chi connectivity index (χ0) is 21.9. The average Bonchev–Trinajstić information content (AvgIpc) is 2.64. The molecule has 0 amide bonds. The van der Waals surface area contributed by atoms with E-state index in [9.17, 15) is 19.2 Å². The van der Waals surface area contributed by atoms with Gasteiger partial charge in [-0.1, -0.05) is 42.9 Å². The zero-order valence-corrected chi connectivity index (χ0v) is 23.7. The minimum Gasteiger partial charge on any atom is -0.481 e. The molecule has 0 aromatic heterocycles. The van der Waals surface area contributed by atoms with Gasteiger partial charge in [0.15, 0.2) is 0 Å². The summed E-state index contributed by atoms with van der Waals surface area (Å²) in [4.78, 5) is 41.8. The predicted molar refractivity (Wildman–Crippen MR) is 104 cm³/mol. The van der Waals surface area contributed by atoms with Gasteiger partial charge in [-0.2, -0.15) is 0 Å². The average molecular weight is 576 g/mol. The normalized spacial score (nSPS) is 11.4. The molecular weight excluding hydrogens is 546 g/mol. The first-order chi connectivity index (χ1) is 13.1. The topological polar surface area (TPSA) is 127 Å². The maximum atomic E-state index is 10.7. The Labute approximate surface area is 228 Å². The van der Waals surface area contributed by atoms with Crippen molar-refractivity contribution in [3.05, 3.63) is 36.0 Å². The van der Waals surface area contributed by atoms with E-state index in [2.05, 4.69) is 9.47 Å². The van der Waals surface area contributed by atoms with Crippen LogP contribution in [0.4, 0.5) is 0 Å². The number of aliphatic carboxylic acids is 2. The Kier molecular flexibility index (Phi) is 30.0. The van der Waals surface area contributed by atoms with E-state index in [1.54, 1.807) is 31.2 Å². The van der Waals surface area contributed by atoms with Crippen LogP contribution in [0.1, 0.15) is 46.0 Å². The number of esters is 2. The van der Waals surface area contributed by atoms with E-state index in [0.29, 0.717) is 6.42 Å². The number of hydrogen-bond donors (Lipinski definition) is 2. The number of carboxylic acids is 2. The second-order valence-corrected chi connectivity index (χ2v) is 5.82. The van der Waals surface area contributed by atoms with Gasteiger partial charge in [0.05, 0.1) is 33.5 Å². The molecule has 0 bridgehead atoms. The number of ether oxygens (including phenoxy) is 2. The Morgan fingerprint density at radius 3 is 1.70 bits per heavy atom. The Morgan fingerprint density at radius 1 is 0.800 bits per heavy atom. The molecular formula is C20H30O8Y2. The Morgan fingerprint density at radius 2 is 1.27 bits per heavy atom. The molecule has 164 valence electrons. The molecule has 0 heterocycles. The van der Waals surface area contributed by atoms with Crippen molar-refractivity contribution < 1.29 is 104 Å². The van der Waals surface area contributed by atoms with Crippen LogP contribution in [0, 0.1) is 5.92 Å². The number of allylic oxidation sites excluding steroid dienone is 3. The second-order valence-electron chi connectivity index (χ2n) is 5.82. The maximum absolute atomic E-state index is 10.7. The summed E-state index contributed by atoms with van der Waals surface area (Å²) in [6, 6.07) is 0. The molecule has 0 spiro atoms. The van der Waals surface area contributed by atoms with Gasteiger partial charge in [0.25, 0.3) is 0 Å². The number of carbonyl (C=O) groups excluding carboxylic acids is 2. The van der Waals surface area contributed by atoms with Gasteiger partial charge >= 0.3 is 23.9 Å². The molecule has 0 saturated heterocycles. The fourth-order valence-corrected chi connectivity index (χ4v) is 1.66. The summed E-state index contributed by atoms with van der Waals surface area (Å²) in [5.41, 5.74) is 0.896. The minimum absolute atomic E-state index is 0. The largest absolute Gasteiger partial charge is 0.481 e. The van der Waals surface area contributed by atoms with E-state index in [4.69, 9.17) is 10.2 Å². The van der Waals surface area contributed by atoms with Gasteiger partial charge in [-0.05, 0) is 19.3 Å². The molecule has 0 aromatic carbocycles. The number of carbonyl (C=O) groups is 4. The molecule has 0 aromatic rings. The third kappa shape index (κ3) is 29.5. The SMILES string of the molecule is COC(=O)CC=C(C)CCC(=O)O.COC(=O)CC=CC(C)C=CCC(=O)O.[Y].[Y]. The summed E-state index contributed by atoms with van der Waals surface area (Å²) in [5.74, 6) is -2.15. The van der Waals surface area contributed by atoms with Crippen LogP contribution >= 0.6 is 0 Å². The van der Waals surface area contributed by atoms with Crippen molar-refractivity contribution in [1.29, 1.82) is 0 Å². The number of methoxy groups -OCH3 is 2. The molecule has 10 heteroatoms. The summed E-state index contributed by atoms with van der Waals surface area (Å²) in [5, 5.41) is 16.7. The molecule has 8 nitrogen and oxygen atoms in total. The zero-order valence-electron chi connectivity index (χ0n) is 18.0. The van der Waals surface area contributed by atoms with E-state index < -0.39 is 11.9 Å². The molecule has 0 aliphatic carbocycles. The van der Waals surface area contributed by atoms with Gasteiger partial charge in [-0.15, -0.1) is 0 Å². The summed E-state index contributed by atoms with van der Waals surface area (Å²) in [7, 11) is 2.66. The Hall–Kier alpha value is -0.692. The summed E-state index contributed by atoms with van der Waals surface area (Å²) in [6.45, 7) is 3.71. The number of rotatable bonds is 11. The molecule has 0 aliphatic heterocycles. The van der Waals surface area contributed by atoms with Gasteiger partial charge in [-0.25, -0.2) is 0 Å². The predicted octanol–water partition coefficient (Wildman–Crippen LogP) is 3.13. The molecule has 0 aliphatic rings. The van der Waals surface area contributed by atoms with Crippen LogP contribution in [0.5, 0.6) is 0 Å². The van der Waals surface area contributed by atoms with Crippen LogP contribution < -0.4 is 0 Å². The fourth-order valence-electron chi connectivity index (χ4n) is 1.66. The Balaban J connectivity index is -0.000000213. The van der Waals surface area contributed by atoms with Gasteiger partial charge in [0.2, 0.25) is 0 Å². The van der Waals surface area contributed by atoms with Crippen molar-refractivity contribution in [2.75, 3.05) is 14.2 Å². The molecule has 0 rings (SSSR count). The Bertz CT molecular complexity index is 598. The van der Waals surface area contributed by atoms with Crippen LogP contribution in [0.25, 0.3) is 0 Å². The molecule has 2 radical (unpaired) electrons. The van der Waals surface area contributed by atoms with Gasteiger partial charge in [0.1, 0.15) is 0 Å². The van der Waals surface area contributed by atoms with Crippen molar-refractivity contribution >= 4 is 23.9 Å². The molecule has 1 unspecified atom stereocenters. The molecule has 0 fully saturated rings. The molecule has 1 atom stereocenters. The van der Waals surface area contributed by atoms with E-state index >= 15 is 0 Å². The van der Waals surface area contributed by atoms with Crippen molar-refractivity contribution in [1.82, 2.24) is 0 Å². The van der Waals surface area contributed by atoms with Gasteiger partial charge < -0.3 is 19.7 Å². The first-order valence-corrected chi connectivity index (χ1v) is 8.68. The fraction of sp³-hybridized carbons (Fsp3) is 0.500. The minimum atomic E-state index is -0.850. The third-order valence-electron chi connectivity index (χ3n) is 3.26. The van der Waals surface area contributed by atoms with Gasteiger partial charge in [0, 0.05) is 71.8 Å². The second kappa shape index (κ2) is 24.6. The van der Waals surface area contributed by atoms with E-state index in [-0.39, 0.29) is 109 Å².